The number of hydrogen-bond acceptors (Lipinski definition) is 4. The van der Waals surface area contributed by atoms with E-state index in [4.69, 9.17) is 11.6 Å². The average Bonchev–Trinajstić information content (AvgIpc) is 3.44. The molecule has 3 aromatic rings. The quantitative estimate of drug-likeness (QED) is 0.501. The van der Waals surface area contributed by atoms with Crippen LogP contribution in [0, 0.1) is 0 Å². The van der Waals surface area contributed by atoms with Crippen LogP contribution in [0.2, 0.25) is 5.02 Å². The molecule has 0 bridgehead atoms. The third kappa shape index (κ3) is 4.86. The van der Waals surface area contributed by atoms with Crippen LogP contribution in [-0.2, 0) is 6.54 Å². The molecule has 0 radical (unpaired) electrons. The first kappa shape index (κ1) is 19.3. The number of pyridine rings is 1. The number of nitrogens with zero attached hydrogens (tertiary/aromatic N) is 5. The predicted octanol–water partition coefficient (Wildman–Crippen LogP) is 2.86. The maximum Gasteiger partial charge on any atom is 0.191 e. The number of anilines is 1. The maximum absolute atomic E-state index is 6.12. The van der Waals surface area contributed by atoms with Crippen LogP contribution >= 0.6 is 11.6 Å². The van der Waals surface area contributed by atoms with E-state index >= 15 is 0 Å². The summed E-state index contributed by atoms with van der Waals surface area (Å²) in [6.07, 6.45) is 8.27. The van der Waals surface area contributed by atoms with Crippen molar-refractivity contribution in [2.24, 2.45) is 4.99 Å². The Morgan fingerprint density at radius 3 is 2.97 bits per heavy atom. The molecule has 0 saturated carbocycles. The van der Waals surface area contributed by atoms with Crippen LogP contribution in [0.1, 0.15) is 12.0 Å². The van der Waals surface area contributed by atoms with Crippen molar-refractivity contribution in [1.82, 2.24) is 25.2 Å². The summed E-state index contributed by atoms with van der Waals surface area (Å²) in [6, 6.07) is 12.4. The maximum atomic E-state index is 6.12. The number of nitrogens with one attached hydrogen (secondary N) is 2. The van der Waals surface area contributed by atoms with Crippen LogP contribution in [0.3, 0.4) is 0 Å². The van der Waals surface area contributed by atoms with Crippen molar-refractivity contribution in [3.05, 3.63) is 71.9 Å². The molecule has 29 heavy (non-hydrogen) atoms. The van der Waals surface area contributed by atoms with Crippen molar-refractivity contribution < 1.29 is 0 Å². The number of halogens is 1. The molecule has 2 N–H and O–H groups in total. The summed E-state index contributed by atoms with van der Waals surface area (Å²) in [7, 11) is 1.79. The molecular weight excluding hydrogens is 386 g/mol. The lowest BCUT2D eigenvalue weighted by Gasteiger charge is -2.20. The van der Waals surface area contributed by atoms with Crippen LogP contribution in [-0.4, -0.2) is 46.7 Å². The fourth-order valence-electron chi connectivity index (χ4n) is 3.43. The van der Waals surface area contributed by atoms with E-state index in [1.54, 1.807) is 19.6 Å². The first-order valence-corrected chi connectivity index (χ1v) is 10.00. The van der Waals surface area contributed by atoms with Gasteiger partial charge >= 0.3 is 0 Å². The van der Waals surface area contributed by atoms with Gasteiger partial charge in [0, 0.05) is 62.0 Å². The topological polar surface area (TPSA) is 70.4 Å². The van der Waals surface area contributed by atoms with E-state index < -0.39 is 0 Å². The van der Waals surface area contributed by atoms with Crippen LogP contribution < -0.4 is 15.5 Å². The van der Waals surface area contributed by atoms with E-state index in [-0.39, 0.29) is 0 Å². The number of rotatable bonds is 5. The summed E-state index contributed by atoms with van der Waals surface area (Å²) in [6.45, 7) is 2.57. The van der Waals surface area contributed by atoms with E-state index in [9.17, 15) is 0 Å². The highest BCUT2D eigenvalue weighted by Gasteiger charge is 2.23. The van der Waals surface area contributed by atoms with Gasteiger partial charge in [-0.1, -0.05) is 23.7 Å². The Labute approximate surface area is 175 Å². The highest BCUT2D eigenvalue weighted by molar-refractivity contribution is 6.30. The van der Waals surface area contributed by atoms with E-state index in [0.29, 0.717) is 12.6 Å². The van der Waals surface area contributed by atoms with Crippen molar-refractivity contribution in [3.8, 4) is 5.82 Å². The van der Waals surface area contributed by atoms with Crippen molar-refractivity contribution in [3.63, 3.8) is 0 Å². The summed E-state index contributed by atoms with van der Waals surface area (Å²) in [4.78, 5) is 15.2. The highest BCUT2D eigenvalue weighted by atomic mass is 35.5. The molecule has 1 aromatic carbocycles. The Bertz CT molecular complexity index is 953. The molecular formula is C21H24ClN7. The Morgan fingerprint density at radius 1 is 1.31 bits per heavy atom. The van der Waals surface area contributed by atoms with Gasteiger partial charge in [-0.25, -0.2) is 9.97 Å². The fourth-order valence-corrected chi connectivity index (χ4v) is 3.61. The zero-order chi connectivity index (χ0) is 20.1. The monoisotopic (exact) mass is 409 g/mol. The van der Waals surface area contributed by atoms with Crippen molar-refractivity contribution >= 4 is 23.2 Å². The van der Waals surface area contributed by atoms with E-state index in [1.165, 1.54) is 0 Å². The lowest BCUT2D eigenvalue weighted by Crippen LogP contribution is -2.44. The molecule has 8 heteroatoms. The second kappa shape index (κ2) is 8.96. The van der Waals surface area contributed by atoms with Gasteiger partial charge in [-0.05, 0) is 36.2 Å². The lowest BCUT2D eigenvalue weighted by molar-refractivity contribution is 0.648. The molecule has 1 unspecified atom stereocenters. The molecule has 4 rings (SSSR count). The Morgan fingerprint density at radius 2 is 2.24 bits per heavy atom. The summed E-state index contributed by atoms with van der Waals surface area (Å²) in [5.74, 6) is 1.64. The predicted molar refractivity (Wildman–Crippen MR) is 117 cm³/mol. The molecule has 7 nitrogen and oxygen atoms in total. The molecule has 0 amide bonds. The molecule has 150 valence electrons. The number of imidazole rings is 1. The van der Waals surface area contributed by atoms with Gasteiger partial charge in [-0.2, -0.15) is 0 Å². The van der Waals surface area contributed by atoms with Crippen LogP contribution in [0.4, 0.5) is 5.69 Å². The van der Waals surface area contributed by atoms with Gasteiger partial charge in [0.15, 0.2) is 5.96 Å². The Kier molecular flexibility index (Phi) is 5.95. The second-order valence-corrected chi connectivity index (χ2v) is 7.41. The summed E-state index contributed by atoms with van der Waals surface area (Å²) in [5, 5.41) is 7.65. The van der Waals surface area contributed by atoms with Crippen molar-refractivity contribution in [1.29, 1.82) is 0 Å². The van der Waals surface area contributed by atoms with Gasteiger partial charge in [-0.15, -0.1) is 0 Å². The molecule has 0 spiro atoms. The molecule has 1 fully saturated rings. The third-order valence-corrected chi connectivity index (χ3v) is 5.20. The molecule has 2 aromatic heterocycles. The van der Waals surface area contributed by atoms with Crippen molar-refractivity contribution in [2.45, 2.75) is 19.0 Å². The number of aliphatic imine (C=N–C) groups is 1. The van der Waals surface area contributed by atoms with Gasteiger partial charge in [-0.3, -0.25) is 9.56 Å². The smallest absolute Gasteiger partial charge is 0.191 e. The zero-order valence-corrected chi connectivity index (χ0v) is 17.0. The van der Waals surface area contributed by atoms with Crippen LogP contribution in [0.5, 0.6) is 0 Å². The van der Waals surface area contributed by atoms with Gasteiger partial charge in [0.05, 0.1) is 0 Å². The van der Waals surface area contributed by atoms with Crippen LogP contribution in [0.15, 0.2) is 66.3 Å². The van der Waals surface area contributed by atoms with Gasteiger partial charge in [0.2, 0.25) is 0 Å². The lowest BCUT2D eigenvalue weighted by atomic mass is 10.2. The normalized spacial score (nSPS) is 16.8. The van der Waals surface area contributed by atoms with E-state index in [2.05, 4.69) is 42.6 Å². The number of guanidine groups is 1. The van der Waals surface area contributed by atoms with E-state index in [1.807, 2.05) is 41.2 Å². The number of benzene rings is 1. The minimum atomic E-state index is 0.335. The second-order valence-electron chi connectivity index (χ2n) is 6.98. The third-order valence-electron chi connectivity index (χ3n) is 4.96. The van der Waals surface area contributed by atoms with Gasteiger partial charge in [0.1, 0.15) is 12.1 Å². The molecule has 1 saturated heterocycles. The molecule has 3 heterocycles. The van der Waals surface area contributed by atoms with Crippen LogP contribution in [0.25, 0.3) is 5.82 Å². The molecule has 0 aliphatic carbocycles. The van der Waals surface area contributed by atoms with Gasteiger partial charge < -0.3 is 15.5 Å². The first-order chi connectivity index (χ1) is 14.2. The number of aromatic nitrogens is 3. The molecule has 1 aliphatic rings. The molecule has 1 atom stereocenters. The first-order valence-electron chi connectivity index (χ1n) is 9.62. The molecule has 1 aliphatic heterocycles. The van der Waals surface area contributed by atoms with Gasteiger partial charge in [0.25, 0.3) is 0 Å². The Hall–Kier alpha value is -3.06. The zero-order valence-electron chi connectivity index (χ0n) is 16.3. The highest BCUT2D eigenvalue weighted by Crippen LogP contribution is 2.23. The summed E-state index contributed by atoms with van der Waals surface area (Å²) < 4.78 is 1.88. The largest absolute Gasteiger partial charge is 0.369 e. The van der Waals surface area contributed by atoms with E-state index in [0.717, 1.165) is 47.6 Å². The number of hydrogen-bond donors (Lipinski definition) is 2. The Balaban J connectivity index is 1.29. The average molecular weight is 410 g/mol. The fraction of sp³-hybridized carbons (Fsp3) is 0.286. The summed E-state index contributed by atoms with van der Waals surface area (Å²) >= 11 is 6.12. The standard InChI is InChI=1S/C21H24ClN7/c1-23-21(26-13-16-5-6-20(25-12-16)29-10-8-24-15-29)27-18-7-9-28(14-18)19-4-2-3-17(22)11-19/h2-6,8,10-12,15,18H,7,9,13-14H2,1H3,(H2,23,26,27). The SMILES string of the molecule is CN=C(NCc1ccc(-n2ccnc2)nc1)NC1CCN(c2cccc(Cl)c2)C1. The minimum absolute atomic E-state index is 0.335. The minimum Gasteiger partial charge on any atom is -0.369 e. The van der Waals surface area contributed by atoms with Crippen molar-refractivity contribution in [2.75, 3.05) is 25.0 Å². The summed E-state index contributed by atoms with van der Waals surface area (Å²) in [5.41, 5.74) is 2.25.